The fourth-order valence-electron chi connectivity index (χ4n) is 2.19. The molecule has 0 amide bonds. The highest BCUT2D eigenvalue weighted by molar-refractivity contribution is 6.29. The molecule has 1 N–H and O–H groups in total. The zero-order valence-electron chi connectivity index (χ0n) is 16.9. The molecule has 8 nitrogen and oxygen atoms in total. The monoisotopic (exact) mass is 444 g/mol. The minimum atomic E-state index is -0.350. The van der Waals surface area contributed by atoms with Crippen LogP contribution < -0.4 is 9.47 Å². The van der Waals surface area contributed by atoms with Crippen molar-refractivity contribution in [1.29, 1.82) is 0 Å². The molecule has 9 heteroatoms. The molecule has 3 aromatic rings. The molecule has 0 aliphatic rings. The van der Waals surface area contributed by atoms with Gasteiger partial charge >= 0.3 is 11.9 Å². The summed E-state index contributed by atoms with van der Waals surface area (Å²) in [5, 5.41) is 9.52. The number of ether oxygens (including phenoxy) is 3. The average Bonchev–Trinajstić information content (AvgIpc) is 2.77. The standard InChI is InChI=1S/C13H11ClN2O3.C9H10O3/c1-2-13(17)19-10-6-4-3-5-9(10)18-12-7-11(14)15-8-16-12;1-12-9(11)6-7-4-2-3-5-8(7)10/h3-8H,2H2,1H3;2-5,10H,6H2,1H3. The van der Waals surface area contributed by atoms with Crippen LogP contribution in [-0.4, -0.2) is 34.1 Å². The largest absolute Gasteiger partial charge is 0.508 e. The maximum atomic E-state index is 11.3. The third kappa shape index (κ3) is 7.94. The van der Waals surface area contributed by atoms with E-state index in [-0.39, 0.29) is 41.6 Å². The summed E-state index contributed by atoms with van der Waals surface area (Å²) in [7, 11) is 1.32. The summed E-state index contributed by atoms with van der Waals surface area (Å²) in [4.78, 5) is 29.8. The van der Waals surface area contributed by atoms with E-state index in [1.54, 1.807) is 49.4 Å². The van der Waals surface area contributed by atoms with Crippen molar-refractivity contribution in [3.8, 4) is 23.1 Å². The lowest BCUT2D eigenvalue weighted by Crippen LogP contribution is -2.06. The summed E-state index contributed by atoms with van der Waals surface area (Å²) < 4.78 is 15.1. The molecule has 1 aromatic heterocycles. The van der Waals surface area contributed by atoms with Gasteiger partial charge in [0, 0.05) is 18.1 Å². The van der Waals surface area contributed by atoms with Crippen LogP contribution in [0.3, 0.4) is 0 Å². The zero-order chi connectivity index (χ0) is 22.6. The summed E-state index contributed by atoms with van der Waals surface area (Å²) in [6.45, 7) is 1.72. The minimum absolute atomic E-state index is 0.114. The minimum Gasteiger partial charge on any atom is -0.508 e. The van der Waals surface area contributed by atoms with Crippen LogP contribution in [0.15, 0.2) is 60.9 Å². The topological polar surface area (TPSA) is 108 Å². The molecule has 0 aliphatic carbocycles. The Labute approximate surface area is 184 Å². The first-order valence-corrected chi connectivity index (χ1v) is 9.59. The Hall–Kier alpha value is -3.65. The number of aromatic hydroxyl groups is 1. The number of phenolic OH excluding ortho intramolecular Hbond substituents is 1. The molecular formula is C22H21ClN2O6. The molecule has 0 saturated carbocycles. The molecular weight excluding hydrogens is 424 g/mol. The number of benzene rings is 2. The SMILES string of the molecule is CCC(=O)Oc1ccccc1Oc1cc(Cl)ncn1.COC(=O)Cc1ccccc1O. The van der Waals surface area contributed by atoms with Gasteiger partial charge in [0.2, 0.25) is 5.88 Å². The lowest BCUT2D eigenvalue weighted by Gasteiger charge is -2.09. The lowest BCUT2D eigenvalue weighted by atomic mass is 10.1. The van der Waals surface area contributed by atoms with E-state index >= 15 is 0 Å². The molecule has 0 saturated heterocycles. The number of para-hydroxylation sites is 3. The molecule has 0 fully saturated rings. The number of phenols is 1. The molecule has 0 radical (unpaired) electrons. The second-order valence-electron chi connectivity index (χ2n) is 5.94. The van der Waals surface area contributed by atoms with Crippen LogP contribution in [0.25, 0.3) is 0 Å². The van der Waals surface area contributed by atoms with Gasteiger partial charge in [0.1, 0.15) is 17.2 Å². The van der Waals surface area contributed by atoms with Crippen molar-refractivity contribution >= 4 is 23.5 Å². The molecule has 0 bridgehead atoms. The van der Waals surface area contributed by atoms with Crippen LogP contribution in [0.2, 0.25) is 5.15 Å². The number of rotatable bonds is 6. The molecule has 0 unspecified atom stereocenters. The van der Waals surface area contributed by atoms with Gasteiger partial charge in [0.15, 0.2) is 11.5 Å². The molecule has 1 heterocycles. The number of hydrogen-bond acceptors (Lipinski definition) is 8. The summed E-state index contributed by atoms with van der Waals surface area (Å²) >= 11 is 5.74. The third-order valence-corrected chi connectivity index (χ3v) is 3.95. The van der Waals surface area contributed by atoms with E-state index in [0.717, 1.165) is 0 Å². The zero-order valence-corrected chi connectivity index (χ0v) is 17.7. The number of carbonyl (C=O) groups excluding carboxylic acids is 2. The Balaban J connectivity index is 0.000000245. The van der Waals surface area contributed by atoms with Gasteiger partial charge in [-0.25, -0.2) is 9.97 Å². The van der Waals surface area contributed by atoms with Gasteiger partial charge in [-0.05, 0) is 18.2 Å². The maximum Gasteiger partial charge on any atom is 0.311 e. The van der Waals surface area contributed by atoms with Gasteiger partial charge in [-0.15, -0.1) is 0 Å². The molecule has 0 atom stereocenters. The van der Waals surface area contributed by atoms with Gasteiger partial charge in [-0.1, -0.05) is 48.9 Å². The highest BCUT2D eigenvalue weighted by Gasteiger charge is 2.10. The number of methoxy groups -OCH3 is 1. The predicted octanol–water partition coefficient (Wildman–Crippen LogP) is 4.35. The number of aromatic nitrogens is 2. The highest BCUT2D eigenvalue weighted by atomic mass is 35.5. The van der Waals surface area contributed by atoms with Crippen molar-refractivity contribution in [2.75, 3.05) is 7.11 Å². The molecule has 162 valence electrons. The van der Waals surface area contributed by atoms with Gasteiger partial charge < -0.3 is 19.3 Å². The van der Waals surface area contributed by atoms with Crippen molar-refractivity contribution in [1.82, 2.24) is 9.97 Å². The third-order valence-electron chi connectivity index (χ3n) is 3.74. The molecule has 2 aromatic carbocycles. The number of hydrogen-bond donors (Lipinski definition) is 1. The van der Waals surface area contributed by atoms with E-state index in [1.807, 2.05) is 0 Å². The number of esters is 2. The van der Waals surface area contributed by atoms with Crippen LogP contribution in [0.5, 0.6) is 23.1 Å². The number of halogens is 1. The van der Waals surface area contributed by atoms with E-state index < -0.39 is 0 Å². The van der Waals surface area contributed by atoms with Crippen LogP contribution >= 0.6 is 11.6 Å². The van der Waals surface area contributed by atoms with E-state index in [0.29, 0.717) is 17.1 Å². The van der Waals surface area contributed by atoms with Crippen molar-refractivity contribution in [3.05, 3.63) is 71.6 Å². The molecule has 0 spiro atoms. The van der Waals surface area contributed by atoms with Crippen LogP contribution in [0.4, 0.5) is 0 Å². The first kappa shape index (κ1) is 23.6. The lowest BCUT2D eigenvalue weighted by molar-refractivity contribution is -0.139. The maximum absolute atomic E-state index is 11.3. The van der Waals surface area contributed by atoms with Gasteiger partial charge in [0.25, 0.3) is 0 Å². The molecule has 3 rings (SSSR count). The van der Waals surface area contributed by atoms with Crippen molar-refractivity contribution in [2.45, 2.75) is 19.8 Å². The van der Waals surface area contributed by atoms with E-state index in [1.165, 1.54) is 25.6 Å². The number of nitrogens with zero attached hydrogens (tertiary/aromatic N) is 2. The van der Waals surface area contributed by atoms with Gasteiger partial charge in [-0.3, -0.25) is 9.59 Å². The van der Waals surface area contributed by atoms with Gasteiger partial charge in [-0.2, -0.15) is 0 Å². The Morgan fingerprint density at radius 2 is 1.68 bits per heavy atom. The Bertz CT molecular complexity index is 1030. The normalized spacial score (nSPS) is 9.77. The summed E-state index contributed by atoms with van der Waals surface area (Å²) in [6.07, 6.45) is 1.69. The first-order chi connectivity index (χ1) is 14.9. The van der Waals surface area contributed by atoms with Gasteiger partial charge in [0.05, 0.1) is 13.5 Å². The summed E-state index contributed by atoms with van der Waals surface area (Å²) in [5.74, 6) is 0.444. The van der Waals surface area contributed by atoms with E-state index in [9.17, 15) is 14.7 Å². The smallest absolute Gasteiger partial charge is 0.311 e. The first-order valence-electron chi connectivity index (χ1n) is 9.21. The van der Waals surface area contributed by atoms with Crippen molar-refractivity contribution in [3.63, 3.8) is 0 Å². The van der Waals surface area contributed by atoms with Crippen molar-refractivity contribution < 1.29 is 28.9 Å². The Kier molecular flexibility index (Phi) is 9.25. The fraction of sp³-hybridized carbons (Fsp3) is 0.182. The Morgan fingerprint density at radius 3 is 2.32 bits per heavy atom. The number of carbonyl (C=O) groups is 2. The van der Waals surface area contributed by atoms with Crippen LogP contribution in [-0.2, 0) is 20.7 Å². The van der Waals surface area contributed by atoms with Crippen molar-refractivity contribution in [2.24, 2.45) is 0 Å². The molecule has 31 heavy (non-hydrogen) atoms. The van der Waals surface area contributed by atoms with E-state index in [2.05, 4.69) is 14.7 Å². The second-order valence-corrected chi connectivity index (χ2v) is 6.32. The second kappa shape index (κ2) is 12.1. The van der Waals surface area contributed by atoms with Crippen LogP contribution in [0.1, 0.15) is 18.9 Å². The predicted molar refractivity (Wildman–Crippen MR) is 113 cm³/mol. The highest BCUT2D eigenvalue weighted by Crippen LogP contribution is 2.31. The Morgan fingerprint density at radius 1 is 1.00 bits per heavy atom. The molecule has 0 aliphatic heterocycles. The fourth-order valence-corrected chi connectivity index (χ4v) is 2.32. The van der Waals surface area contributed by atoms with E-state index in [4.69, 9.17) is 21.1 Å². The summed E-state index contributed by atoms with van der Waals surface area (Å²) in [5.41, 5.74) is 0.587. The summed E-state index contributed by atoms with van der Waals surface area (Å²) in [6, 6.07) is 15.0. The van der Waals surface area contributed by atoms with Crippen LogP contribution in [0, 0.1) is 0 Å². The average molecular weight is 445 g/mol. The quantitative estimate of drug-likeness (QED) is 0.339.